The Morgan fingerprint density at radius 2 is 1.58 bits per heavy atom. The minimum absolute atomic E-state index is 0.371. The van der Waals surface area contributed by atoms with Crippen molar-refractivity contribution >= 4 is 23.2 Å². The van der Waals surface area contributed by atoms with Crippen molar-refractivity contribution in [3.8, 4) is 45.3 Å². The summed E-state index contributed by atoms with van der Waals surface area (Å²) in [7, 11) is 5.17. The second-order valence-electron chi connectivity index (χ2n) is 9.15. The zero-order valence-electron chi connectivity index (χ0n) is 22.2. The van der Waals surface area contributed by atoms with E-state index in [0.717, 1.165) is 39.1 Å². The van der Waals surface area contributed by atoms with Gasteiger partial charge < -0.3 is 20.1 Å². The van der Waals surface area contributed by atoms with Gasteiger partial charge in [0.1, 0.15) is 5.75 Å². The van der Waals surface area contributed by atoms with Crippen LogP contribution in [-0.2, 0) is 13.1 Å². The molecular weight excluding hydrogens is 519 g/mol. The maximum absolute atomic E-state index is 6.97. The van der Waals surface area contributed by atoms with Crippen LogP contribution in [0.5, 0.6) is 11.6 Å². The third kappa shape index (κ3) is 5.94. The van der Waals surface area contributed by atoms with E-state index in [1.807, 2.05) is 61.6 Å². The fraction of sp³-hybridized carbons (Fsp3) is 0.267. The predicted octanol–water partition coefficient (Wildman–Crippen LogP) is 7.02. The average molecular weight is 552 g/mol. The van der Waals surface area contributed by atoms with Crippen LogP contribution in [0.25, 0.3) is 33.6 Å². The minimum Gasteiger partial charge on any atom is -0.496 e. The molecule has 0 spiro atoms. The summed E-state index contributed by atoms with van der Waals surface area (Å²) in [6.45, 7) is 5.59. The monoisotopic (exact) mass is 550 g/mol. The quantitative estimate of drug-likeness (QED) is 0.221. The molecule has 2 N–H and O–H groups in total. The highest BCUT2D eigenvalue weighted by Gasteiger charge is 2.18. The summed E-state index contributed by atoms with van der Waals surface area (Å²) in [5.41, 5.74) is 6.63. The van der Waals surface area contributed by atoms with Crippen molar-refractivity contribution in [2.75, 3.05) is 21.3 Å². The second-order valence-corrected chi connectivity index (χ2v) is 9.90. The van der Waals surface area contributed by atoms with Crippen LogP contribution >= 0.6 is 23.2 Å². The standard InChI is InChI=1S/C30H32Cl2N4O2/c1-18(2)35-17-20-10-9-19(15-26(20)37-4)29-28(32)23(13-14-34-29)22-7-6-8-24(27(22)31)25-12-11-21(16-33-3)30(36-25)38-5/h6-15,18,33,35H,16-17H2,1-5H3. The lowest BCUT2D eigenvalue weighted by molar-refractivity contribution is 0.392. The smallest absolute Gasteiger partial charge is 0.218 e. The van der Waals surface area contributed by atoms with Crippen LogP contribution in [0.4, 0.5) is 0 Å². The van der Waals surface area contributed by atoms with Gasteiger partial charge in [-0.3, -0.25) is 4.98 Å². The van der Waals surface area contributed by atoms with Crippen LogP contribution in [-0.4, -0.2) is 37.3 Å². The highest BCUT2D eigenvalue weighted by molar-refractivity contribution is 6.39. The maximum atomic E-state index is 6.97. The van der Waals surface area contributed by atoms with Crippen LogP contribution in [0, 0.1) is 0 Å². The molecule has 0 aliphatic heterocycles. The van der Waals surface area contributed by atoms with Crippen molar-refractivity contribution in [1.29, 1.82) is 0 Å². The first kappa shape index (κ1) is 27.9. The van der Waals surface area contributed by atoms with Gasteiger partial charge in [-0.2, -0.15) is 0 Å². The number of halogens is 2. The molecule has 0 saturated heterocycles. The van der Waals surface area contributed by atoms with E-state index in [0.29, 0.717) is 46.4 Å². The average Bonchev–Trinajstić information content (AvgIpc) is 2.92. The van der Waals surface area contributed by atoms with E-state index in [2.05, 4.69) is 29.5 Å². The van der Waals surface area contributed by atoms with Crippen LogP contribution in [0.2, 0.25) is 10.0 Å². The summed E-state index contributed by atoms with van der Waals surface area (Å²) in [4.78, 5) is 9.30. The van der Waals surface area contributed by atoms with Gasteiger partial charge >= 0.3 is 0 Å². The van der Waals surface area contributed by atoms with Crippen molar-refractivity contribution in [1.82, 2.24) is 20.6 Å². The summed E-state index contributed by atoms with van der Waals surface area (Å²) < 4.78 is 11.2. The zero-order chi connectivity index (χ0) is 27.2. The number of rotatable bonds is 10. The van der Waals surface area contributed by atoms with Crippen molar-refractivity contribution in [3.05, 3.63) is 82.0 Å². The summed E-state index contributed by atoms with van der Waals surface area (Å²) in [6, 6.07) is 18.0. The number of nitrogens with one attached hydrogen (secondary N) is 2. The number of hydrogen-bond acceptors (Lipinski definition) is 6. The lowest BCUT2D eigenvalue weighted by atomic mass is 9.99. The molecule has 2 aromatic heterocycles. The molecule has 4 rings (SSSR count). The van der Waals surface area contributed by atoms with Gasteiger partial charge in [0.05, 0.1) is 35.7 Å². The first-order chi connectivity index (χ1) is 18.4. The minimum atomic E-state index is 0.371. The van der Waals surface area contributed by atoms with E-state index in [1.54, 1.807) is 20.4 Å². The summed E-state index contributed by atoms with van der Waals surface area (Å²) in [6.07, 6.45) is 1.74. The molecule has 6 nitrogen and oxygen atoms in total. The van der Waals surface area contributed by atoms with Crippen molar-refractivity contribution in [3.63, 3.8) is 0 Å². The topological polar surface area (TPSA) is 68.3 Å². The number of hydrogen-bond donors (Lipinski definition) is 2. The number of ether oxygens (including phenoxy) is 2. The highest BCUT2D eigenvalue weighted by atomic mass is 35.5. The van der Waals surface area contributed by atoms with Crippen molar-refractivity contribution in [2.45, 2.75) is 33.0 Å². The molecule has 8 heteroatoms. The normalized spacial score (nSPS) is 11.2. The van der Waals surface area contributed by atoms with Gasteiger partial charge in [-0.25, -0.2) is 4.98 Å². The first-order valence-corrected chi connectivity index (χ1v) is 13.2. The number of pyridine rings is 2. The molecule has 0 unspecified atom stereocenters. The molecular formula is C30H32Cl2N4O2. The summed E-state index contributed by atoms with van der Waals surface area (Å²) in [5, 5.41) is 7.62. The van der Waals surface area contributed by atoms with Crippen LogP contribution in [0.1, 0.15) is 25.0 Å². The first-order valence-electron chi connectivity index (χ1n) is 12.4. The molecule has 4 aromatic rings. The Balaban J connectivity index is 1.74. The van der Waals surface area contributed by atoms with Crippen molar-refractivity contribution in [2.24, 2.45) is 0 Å². The van der Waals surface area contributed by atoms with Gasteiger partial charge in [0.2, 0.25) is 5.88 Å². The lowest BCUT2D eigenvalue weighted by Crippen LogP contribution is -2.22. The van der Waals surface area contributed by atoms with Gasteiger partial charge in [0.15, 0.2) is 0 Å². The molecule has 0 atom stereocenters. The Labute approximate surface area is 234 Å². The largest absolute Gasteiger partial charge is 0.496 e. The molecule has 198 valence electrons. The van der Waals surface area contributed by atoms with E-state index in [9.17, 15) is 0 Å². The van der Waals surface area contributed by atoms with Crippen molar-refractivity contribution < 1.29 is 9.47 Å². The molecule has 38 heavy (non-hydrogen) atoms. The van der Waals surface area contributed by atoms with Gasteiger partial charge in [0, 0.05) is 58.7 Å². The molecule has 0 amide bonds. The fourth-order valence-corrected chi connectivity index (χ4v) is 4.91. The number of nitrogens with zero attached hydrogens (tertiary/aromatic N) is 2. The SMILES string of the molecule is CNCc1ccc(-c2cccc(-c3ccnc(-c4ccc(CNC(C)C)c(OC)c4)c3Cl)c2Cl)nc1OC. The van der Waals surface area contributed by atoms with Gasteiger partial charge in [-0.05, 0) is 25.2 Å². The number of methoxy groups -OCH3 is 2. The molecule has 0 radical (unpaired) electrons. The molecule has 0 aliphatic rings. The Morgan fingerprint density at radius 1 is 0.842 bits per heavy atom. The Kier molecular flexibility index (Phi) is 9.23. The number of benzene rings is 2. The summed E-state index contributed by atoms with van der Waals surface area (Å²) >= 11 is 13.9. The Bertz CT molecular complexity index is 1430. The van der Waals surface area contributed by atoms with Crippen LogP contribution in [0.15, 0.2) is 60.8 Å². The lowest BCUT2D eigenvalue weighted by Gasteiger charge is -2.16. The van der Waals surface area contributed by atoms with E-state index < -0.39 is 0 Å². The molecule has 0 bridgehead atoms. The van der Waals surface area contributed by atoms with E-state index in [-0.39, 0.29) is 0 Å². The summed E-state index contributed by atoms with van der Waals surface area (Å²) in [5.74, 6) is 1.34. The van der Waals surface area contributed by atoms with Crippen LogP contribution in [0.3, 0.4) is 0 Å². The van der Waals surface area contributed by atoms with E-state index >= 15 is 0 Å². The van der Waals surface area contributed by atoms with E-state index in [4.69, 9.17) is 37.7 Å². The molecule has 0 saturated carbocycles. The third-order valence-corrected chi connectivity index (χ3v) is 7.00. The van der Waals surface area contributed by atoms with Gasteiger partial charge in [0.25, 0.3) is 0 Å². The van der Waals surface area contributed by atoms with E-state index in [1.165, 1.54) is 0 Å². The molecule has 2 heterocycles. The second kappa shape index (κ2) is 12.6. The Hall–Kier alpha value is -3.16. The zero-order valence-corrected chi connectivity index (χ0v) is 23.7. The highest BCUT2D eigenvalue weighted by Crippen LogP contribution is 2.42. The molecule has 0 fully saturated rings. The molecule has 0 aliphatic carbocycles. The predicted molar refractivity (Wildman–Crippen MR) is 156 cm³/mol. The van der Waals surface area contributed by atoms with Crippen LogP contribution < -0.4 is 20.1 Å². The maximum Gasteiger partial charge on any atom is 0.218 e. The fourth-order valence-electron chi connectivity index (χ4n) is 4.26. The third-order valence-electron chi connectivity index (χ3n) is 6.21. The molecule has 2 aromatic carbocycles. The van der Waals surface area contributed by atoms with Gasteiger partial charge in [-0.15, -0.1) is 0 Å². The Morgan fingerprint density at radius 3 is 2.29 bits per heavy atom. The number of aromatic nitrogens is 2. The van der Waals surface area contributed by atoms with Gasteiger partial charge in [-0.1, -0.05) is 73.4 Å².